The lowest BCUT2D eigenvalue weighted by atomic mass is 9.74. The lowest BCUT2D eigenvalue weighted by Gasteiger charge is -2.42. The molecule has 0 bridgehead atoms. The molecule has 18 heavy (non-hydrogen) atoms. The highest BCUT2D eigenvalue weighted by Gasteiger charge is 2.36. The van der Waals surface area contributed by atoms with Crippen LogP contribution in [0.1, 0.15) is 32.6 Å². The van der Waals surface area contributed by atoms with E-state index < -0.39 is 4.92 Å². The van der Waals surface area contributed by atoms with Crippen molar-refractivity contribution in [1.29, 1.82) is 0 Å². The van der Waals surface area contributed by atoms with E-state index in [0.29, 0.717) is 10.7 Å². The normalized spacial score (nSPS) is 17.1. The van der Waals surface area contributed by atoms with E-state index in [4.69, 9.17) is 23.2 Å². The fraction of sp³-hybridized carbons (Fsp3) is 0.500. The van der Waals surface area contributed by atoms with E-state index >= 15 is 0 Å². The van der Waals surface area contributed by atoms with Crippen molar-refractivity contribution in [1.82, 2.24) is 0 Å². The van der Waals surface area contributed by atoms with E-state index in [-0.39, 0.29) is 16.2 Å². The van der Waals surface area contributed by atoms with Crippen molar-refractivity contribution in [2.45, 2.75) is 38.1 Å². The highest BCUT2D eigenvalue weighted by atomic mass is 35.5. The number of anilines is 1. The zero-order chi connectivity index (χ0) is 13.3. The molecule has 1 aromatic carbocycles. The summed E-state index contributed by atoms with van der Waals surface area (Å²) in [4.78, 5) is 10.6. The smallest absolute Gasteiger partial charge is 0.293 e. The second kappa shape index (κ2) is 4.94. The Morgan fingerprint density at radius 2 is 2.00 bits per heavy atom. The van der Waals surface area contributed by atoms with Gasteiger partial charge in [0.15, 0.2) is 0 Å². The monoisotopic (exact) mass is 288 g/mol. The van der Waals surface area contributed by atoms with E-state index in [1.165, 1.54) is 12.1 Å². The molecule has 1 aliphatic rings. The second-order valence-electron chi connectivity index (χ2n) is 4.65. The Morgan fingerprint density at radius 3 is 2.44 bits per heavy atom. The van der Waals surface area contributed by atoms with E-state index in [1.54, 1.807) is 0 Å². The summed E-state index contributed by atoms with van der Waals surface area (Å²) in [5.74, 6) is 0. The van der Waals surface area contributed by atoms with E-state index in [0.717, 1.165) is 25.7 Å². The number of hydrogen-bond donors (Lipinski definition) is 1. The minimum absolute atomic E-state index is 0.0240. The summed E-state index contributed by atoms with van der Waals surface area (Å²) in [5, 5.41) is 14.8. The second-order valence-corrected chi connectivity index (χ2v) is 5.47. The average molecular weight is 289 g/mol. The Morgan fingerprint density at radius 1 is 1.39 bits per heavy atom. The standard InChI is InChI=1S/C12H14Cl2N2O2/c1-2-12(4-3-5-12)15-10-6-8(13)9(14)7-11(10)16(17)18/h6-7,15H,2-5H2,1H3. The van der Waals surface area contributed by atoms with Gasteiger partial charge in [-0.3, -0.25) is 10.1 Å². The average Bonchev–Trinajstić information content (AvgIpc) is 2.27. The molecular weight excluding hydrogens is 275 g/mol. The maximum Gasteiger partial charge on any atom is 0.293 e. The van der Waals surface area contributed by atoms with Gasteiger partial charge in [0, 0.05) is 11.6 Å². The van der Waals surface area contributed by atoms with Crippen LogP contribution in [0.25, 0.3) is 0 Å². The van der Waals surface area contributed by atoms with Gasteiger partial charge in [0.1, 0.15) is 5.69 Å². The van der Waals surface area contributed by atoms with Crippen molar-refractivity contribution < 1.29 is 4.92 Å². The van der Waals surface area contributed by atoms with Gasteiger partial charge in [0.2, 0.25) is 0 Å². The number of halogens is 2. The third-order valence-corrected chi connectivity index (χ3v) is 4.34. The summed E-state index contributed by atoms with van der Waals surface area (Å²) in [6.07, 6.45) is 4.14. The Labute approximate surface area is 115 Å². The van der Waals surface area contributed by atoms with E-state index in [9.17, 15) is 10.1 Å². The molecule has 0 heterocycles. The van der Waals surface area contributed by atoms with Gasteiger partial charge in [-0.15, -0.1) is 0 Å². The van der Waals surface area contributed by atoms with Crippen LogP contribution in [0.5, 0.6) is 0 Å². The van der Waals surface area contributed by atoms with Gasteiger partial charge >= 0.3 is 0 Å². The molecule has 6 heteroatoms. The highest BCUT2D eigenvalue weighted by Crippen LogP contribution is 2.42. The summed E-state index contributed by atoms with van der Waals surface area (Å²) in [6.45, 7) is 2.08. The molecule has 1 aromatic rings. The van der Waals surface area contributed by atoms with Crippen LogP contribution in [0.15, 0.2) is 12.1 Å². The Hall–Kier alpha value is -1.00. The molecule has 0 spiro atoms. The molecular formula is C12H14Cl2N2O2. The number of benzene rings is 1. The van der Waals surface area contributed by atoms with E-state index in [2.05, 4.69) is 12.2 Å². The van der Waals surface area contributed by atoms with Crippen LogP contribution < -0.4 is 5.32 Å². The first-order chi connectivity index (χ1) is 8.47. The summed E-state index contributed by atoms with van der Waals surface area (Å²) in [5.41, 5.74) is 0.405. The quantitative estimate of drug-likeness (QED) is 0.648. The SMILES string of the molecule is CCC1(Nc2cc(Cl)c(Cl)cc2[N+](=O)[O-])CCC1. The van der Waals surface area contributed by atoms with Gasteiger partial charge in [-0.25, -0.2) is 0 Å². The summed E-state index contributed by atoms with van der Waals surface area (Å²) < 4.78 is 0. The number of nitro groups is 1. The van der Waals surface area contributed by atoms with Crippen LogP contribution in [-0.2, 0) is 0 Å². The zero-order valence-corrected chi connectivity index (χ0v) is 11.5. The zero-order valence-electron chi connectivity index (χ0n) is 10.0. The molecule has 0 amide bonds. The maximum absolute atomic E-state index is 11.0. The first kappa shape index (κ1) is 13.4. The fourth-order valence-electron chi connectivity index (χ4n) is 2.24. The number of nitrogens with one attached hydrogen (secondary N) is 1. The molecule has 98 valence electrons. The highest BCUT2D eigenvalue weighted by molar-refractivity contribution is 6.42. The van der Waals surface area contributed by atoms with E-state index in [1.807, 2.05) is 0 Å². The molecule has 0 unspecified atom stereocenters. The van der Waals surface area contributed by atoms with Crippen molar-refractivity contribution in [3.63, 3.8) is 0 Å². The third kappa shape index (κ3) is 2.40. The lowest BCUT2D eigenvalue weighted by molar-refractivity contribution is -0.384. The molecule has 0 aliphatic heterocycles. The molecule has 0 atom stereocenters. The molecule has 0 radical (unpaired) electrons. The van der Waals surface area contributed by atoms with Crippen LogP contribution in [0.2, 0.25) is 10.0 Å². The summed E-state index contributed by atoms with van der Waals surface area (Å²) in [7, 11) is 0. The van der Waals surface area contributed by atoms with Gasteiger partial charge in [0.25, 0.3) is 5.69 Å². The fourth-order valence-corrected chi connectivity index (χ4v) is 2.57. The molecule has 1 saturated carbocycles. The van der Waals surface area contributed by atoms with Crippen LogP contribution in [0.3, 0.4) is 0 Å². The van der Waals surface area contributed by atoms with Crippen LogP contribution >= 0.6 is 23.2 Å². The lowest BCUT2D eigenvalue weighted by Crippen LogP contribution is -2.44. The summed E-state index contributed by atoms with van der Waals surface area (Å²) >= 11 is 11.7. The maximum atomic E-state index is 11.0. The van der Waals surface area contributed by atoms with Crippen LogP contribution in [-0.4, -0.2) is 10.5 Å². The first-order valence-corrected chi connectivity index (χ1v) is 6.65. The number of nitro benzene ring substituents is 1. The first-order valence-electron chi connectivity index (χ1n) is 5.89. The Kier molecular flexibility index (Phi) is 3.69. The molecule has 1 N–H and O–H groups in total. The Balaban J connectivity index is 2.36. The number of rotatable bonds is 4. The van der Waals surface area contributed by atoms with Crippen LogP contribution in [0, 0.1) is 10.1 Å². The molecule has 0 aromatic heterocycles. The molecule has 1 fully saturated rings. The van der Waals surface area contributed by atoms with Crippen molar-refractivity contribution >= 4 is 34.6 Å². The van der Waals surface area contributed by atoms with Crippen LogP contribution in [0.4, 0.5) is 11.4 Å². The van der Waals surface area contributed by atoms with Crippen molar-refractivity contribution in [3.8, 4) is 0 Å². The Bertz CT molecular complexity index is 482. The molecule has 1 aliphatic carbocycles. The minimum Gasteiger partial charge on any atom is -0.374 e. The predicted molar refractivity (Wildman–Crippen MR) is 73.6 cm³/mol. The van der Waals surface area contributed by atoms with Crippen molar-refractivity contribution in [3.05, 3.63) is 32.3 Å². The predicted octanol–water partition coefficient (Wildman–Crippen LogP) is 4.65. The van der Waals surface area contributed by atoms with Gasteiger partial charge < -0.3 is 5.32 Å². The number of nitrogens with zero attached hydrogens (tertiary/aromatic N) is 1. The van der Waals surface area contributed by atoms with Crippen molar-refractivity contribution in [2.24, 2.45) is 0 Å². The molecule has 4 nitrogen and oxygen atoms in total. The molecule has 0 saturated heterocycles. The topological polar surface area (TPSA) is 55.2 Å². The summed E-state index contributed by atoms with van der Waals surface area (Å²) in [6, 6.07) is 2.84. The van der Waals surface area contributed by atoms with Gasteiger partial charge in [0.05, 0.1) is 15.0 Å². The number of hydrogen-bond acceptors (Lipinski definition) is 3. The van der Waals surface area contributed by atoms with Gasteiger partial charge in [-0.05, 0) is 31.7 Å². The third-order valence-electron chi connectivity index (χ3n) is 3.62. The minimum atomic E-state index is -0.438. The van der Waals surface area contributed by atoms with Gasteiger partial charge in [-0.2, -0.15) is 0 Å². The molecule has 2 rings (SSSR count). The van der Waals surface area contributed by atoms with Crippen molar-refractivity contribution in [2.75, 3.05) is 5.32 Å². The largest absolute Gasteiger partial charge is 0.374 e. The van der Waals surface area contributed by atoms with Gasteiger partial charge in [-0.1, -0.05) is 30.1 Å².